The lowest BCUT2D eigenvalue weighted by atomic mass is 10.1. The first-order valence-corrected chi connectivity index (χ1v) is 5.58. The van der Waals surface area contributed by atoms with Gasteiger partial charge in [-0.1, -0.05) is 31.5 Å². The van der Waals surface area contributed by atoms with E-state index >= 15 is 0 Å². The molecule has 1 amide bonds. The zero-order valence-corrected chi connectivity index (χ0v) is 10.0. The Morgan fingerprint density at radius 1 is 1.56 bits per heavy atom. The van der Waals surface area contributed by atoms with Crippen LogP contribution in [0.3, 0.4) is 0 Å². The molecule has 0 aromatic heterocycles. The first-order chi connectivity index (χ1) is 7.42. The van der Waals surface area contributed by atoms with Crippen LogP contribution in [0.2, 0.25) is 5.02 Å². The molecule has 0 spiro atoms. The SMILES string of the molecule is CC1(C)C[C@@H]1C(=O)Nc1cccc(O)c1Cl. The van der Waals surface area contributed by atoms with Crippen molar-refractivity contribution in [2.24, 2.45) is 11.3 Å². The van der Waals surface area contributed by atoms with Crippen LogP contribution in [0.5, 0.6) is 5.75 Å². The molecule has 1 saturated carbocycles. The summed E-state index contributed by atoms with van der Waals surface area (Å²) in [5, 5.41) is 12.3. The average Bonchev–Trinajstić information content (AvgIpc) is 2.83. The van der Waals surface area contributed by atoms with Crippen LogP contribution in [0.1, 0.15) is 20.3 Å². The van der Waals surface area contributed by atoms with Crippen molar-refractivity contribution < 1.29 is 9.90 Å². The van der Waals surface area contributed by atoms with Gasteiger partial charge in [-0.3, -0.25) is 4.79 Å². The summed E-state index contributed by atoms with van der Waals surface area (Å²) in [5.74, 6) is -0.00191. The van der Waals surface area contributed by atoms with E-state index < -0.39 is 0 Å². The number of phenols is 1. The number of anilines is 1. The molecule has 86 valence electrons. The van der Waals surface area contributed by atoms with Crippen LogP contribution >= 0.6 is 11.6 Å². The number of rotatable bonds is 2. The van der Waals surface area contributed by atoms with Gasteiger partial charge in [0.05, 0.1) is 5.69 Å². The second kappa shape index (κ2) is 3.67. The van der Waals surface area contributed by atoms with Gasteiger partial charge in [0.1, 0.15) is 10.8 Å². The predicted molar refractivity (Wildman–Crippen MR) is 63.6 cm³/mol. The predicted octanol–water partition coefficient (Wildman–Crippen LogP) is 3.03. The first-order valence-electron chi connectivity index (χ1n) is 5.20. The summed E-state index contributed by atoms with van der Waals surface area (Å²) in [6.45, 7) is 4.11. The molecule has 0 unspecified atom stereocenters. The maximum absolute atomic E-state index is 11.8. The summed E-state index contributed by atoms with van der Waals surface area (Å²) in [6, 6.07) is 4.81. The zero-order chi connectivity index (χ0) is 11.9. The normalized spacial score (nSPS) is 21.6. The van der Waals surface area contributed by atoms with Crippen molar-refractivity contribution in [3.05, 3.63) is 23.2 Å². The third-order valence-corrected chi connectivity index (χ3v) is 3.46. The minimum absolute atomic E-state index is 0.0190. The maximum Gasteiger partial charge on any atom is 0.228 e. The first kappa shape index (κ1) is 11.3. The lowest BCUT2D eigenvalue weighted by Gasteiger charge is -2.08. The molecule has 1 fully saturated rings. The number of carbonyl (C=O) groups is 1. The van der Waals surface area contributed by atoms with Gasteiger partial charge in [0.25, 0.3) is 0 Å². The fraction of sp³-hybridized carbons (Fsp3) is 0.417. The molecule has 0 saturated heterocycles. The number of nitrogens with one attached hydrogen (secondary N) is 1. The van der Waals surface area contributed by atoms with Crippen molar-refractivity contribution in [2.45, 2.75) is 20.3 Å². The van der Waals surface area contributed by atoms with E-state index in [0.29, 0.717) is 5.69 Å². The van der Waals surface area contributed by atoms with Crippen LogP contribution < -0.4 is 5.32 Å². The summed E-state index contributed by atoms with van der Waals surface area (Å²) in [4.78, 5) is 11.8. The minimum atomic E-state index is -0.0301. The quantitative estimate of drug-likeness (QED) is 0.834. The van der Waals surface area contributed by atoms with E-state index in [0.717, 1.165) is 6.42 Å². The van der Waals surface area contributed by atoms with Gasteiger partial charge in [0.15, 0.2) is 0 Å². The highest BCUT2D eigenvalue weighted by Gasteiger charge is 2.50. The van der Waals surface area contributed by atoms with Gasteiger partial charge in [0, 0.05) is 5.92 Å². The summed E-state index contributed by atoms with van der Waals surface area (Å²) in [7, 11) is 0. The Morgan fingerprint density at radius 3 is 2.75 bits per heavy atom. The molecule has 0 aliphatic heterocycles. The lowest BCUT2D eigenvalue weighted by molar-refractivity contribution is -0.117. The van der Waals surface area contributed by atoms with Crippen LogP contribution in [0.15, 0.2) is 18.2 Å². The third-order valence-electron chi connectivity index (χ3n) is 3.07. The molecule has 2 N–H and O–H groups in total. The fourth-order valence-electron chi connectivity index (χ4n) is 1.75. The van der Waals surface area contributed by atoms with Crippen molar-refractivity contribution >= 4 is 23.2 Å². The molecule has 2 rings (SSSR count). The largest absolute Gasteiger partial charge is 0.506 e. The monoisotopic (exact) mass is 239 g/mol. The molecule has 0 bridgehead atoms. The highest BCUT2D eigenvalue weighted by molar-refractivity contribution is 6.35. The number of hydrogen-bond donors (Lipinski definition) is 2. The van der Waals surface area contributed by atoms with Gasteiger partial charge in [0.2, 0.25) is 5.91 Å². The molecule has 1 aliphatic rings. The van der Waals surface area contributed by atoms with Gasteiger partial charge < -0.3 is 10.4 Å². The van der Waals surface area contributed by atoms with Crippen molar-refractivity contribution in [1.29, 1.82) is 0 Å². The van der Waals surface area contributed by atoms with Crippen molar-refractivity contribution in [3.8, 4) is 5.75 Å². The van der Waals surface area contributed by atoms with E-state index in [2.05, 4.69) is 19.2 Å². The van der Waals surface area contributed by atoms with E-state index in [9.17, 15) is 9.90 Å². The fourth-order valence-corrected chi connectivity index (χ4v) is 1.92. The van der Waals surface area contributed by atoms with Gasteiger partial charge >= 0.3 is 0 Å². The Balaban J connectivity index is 2.10. The van der Waals surface area contributed by atoms with Crippen LogP contribution in [-0.4, -0.2) is 11.0 Å². The molecule has 16 heavy (non-hydrogen) atoms. The number of benzene rings is 1. The number of amides is 1. The van der Waals surface area contributed by atoms with Crippen LogP contribution in [0.4, 0.5) is 5.69 Å². The van der Waals surface area contributed by atoms with E-state index in [-0.39, 0.29) is 28.0 Å². The zero-order valence-electron chi connectivity index (χ0n) is 9.25. The Labute approximate surface area is 99.4 Å². The molecule has 1 aliphatic carbocycles. The van der Waals surface area contributed by atoms with E-state index in [4.69, 9.17) is 11.6 Å². The van der Waals surface area contributed by atoms with E-state index in [1.165, 1.54) is 6.07 Å². The third kappa shape index (κ3) is 2.00. The standard InChI is InChI=1S/C12H14ClNO2/c1-12(2)6-7(12)11(16)14-8-4-3-5-9(15)10(8)13/h3-5,7,15H,6H2,1-2H3,(H,14,16)/t7-/m1/s1. The summed E-state index contributed by atoms with van der Waals surface area (Å²) < 4.78 is 0. The molecule has 0 heterocycles. The molecule has 1 atom stereocenters. The molecule has 1 aromatic carbocycles. The Kier molecular flexibility index (Phi) is 2.58. The summed E-state index contributed by atoms with van der Waals surface area (Å²) >= 11 is 5.87. The van der Waals surface area contributed by atoms with Gasteiger partial charge in [-0.25, -0.2) is 0 Å². The highest BCUT2D eigenvalue weighted by atomic mass is 35.5. The minimum Gasteiger partial charge on any atom is -0.506 e. The maximum atomic E-state index is 11.8. The molecular weight excluding hydrogens is 226 g/mol. The highest BCUT2D eigenvalue weighted by Crippen LogP contribution is 2.52. The Hall–Kier alpha value is -1.22. The Bertz CT molecular complexity index is 443. The number of phenolic OH excluding ortho intramolecular Hbond substituents is 1. The van der Waals surface area contributed by atoms with Gasteiger partial charge in [-0.2, -0.15) is 0 Å². The van der Waals surface area contributed by atoms with Gasteiger partial charge in [-0.05, 0) is 24.0 Å². The molecule has 0 radical (unpaired) electrons. The average molecular weight is 240 g/mol. The topological polar surface area (TPSA) is 49.3 Å². The smallest absolute Gasteiger partial charge is 0.228 e. The molecule has 3 nitrogen and oxygen atoms in total. The van der Waals surface area contributed by atoms with Crippen LogP contribution in [-0.2, 0) is 4.79 Å². The molecule has 1 aromatic rings. The van der Waals surface area contributed by atoms with E-state index in [1.54, 1.807) is 12.1 Å². The van der Waals surface area contributed by atoms with E-state index in [1.807, 2.05) is 0 Å². The number of aromatic hydroxyl groups is 1. The van der Waals surface area contributed by atoms with Crippen molar-refractivity contribution in [1.82, 2.24) is 0 Å². The van der Waals surface area contributed by atoms with Crippen LogP contribution in [0, 0.1) is 11.3 Å². The van der Waals surface area contributed by atoms with Gasteiger partial charge in [-0.15, -0.1) is 0 Å². The summed E-state index contributed by atoms with van der Waals surface area (Å²) in [6.07, 6.45) is 0.898. The molecule has 4 heteroatoms. The van der Waals surface area contributed by atoms with Crippen molar-refractivity contribution in [3.63, 3.8) is 0 Å². The molecular formula is C12H14ClNO2. The number of hydrogen-bond acceptors (Lipinski definition) is 2. The number of halogens is 1. The summed E-state index contributed by atoms with van der Waals surface area (Å²) in [5.41, 5.74) is 0.558. The second-order valence-electron chi connectivity index (χ2n) is 4.87. The van der Waals surface area contributed by atoms with Crippen molar-refractivity contribution in [2.75, 3.05) is 5.32 Å². The number of carbonyl (C=O) groups excluding carboxylic acids is 1. The lowest BCUT2D eigenvalue weighted by Crippen LogP contribution is -2.16. The Morgan fingerprint density at radius 2 is 2.19 bits per heavy atom. The second-order valence-corrected chi connectivity index (χ2v) is 5.25. The van der Waals surface area contributed by atoms with Crippen LogP contribution in [0.25, 0.3) is 0 Å².